The number of aromatic nitrogens is 1. The van der Waals surface area contributed by atoms with Crippen LogP contribution in [0.15, 0.2) is 29.9 Å². The van der Waals surface area contributed by atoms with Crippen LogP contribution in [0, 0.1) is 5.41 Å². The molecule has 0 aliphatic carbocycles. The minimum absolute atomic E-state index is 0.648. The fourth-order valence-electron chi connectivity index (χ4n) is 1.10. The van der Waals surface area contributed by atoms with Crippen molar-refractivity contribution in [1.29, 1.82) is 5.41 Å². The third-order valence-electron chi connectivity index (χ3n) is 1.87. The molecule has 1 N–H and O–H groups in total. The van der Waals surface area contributed by atoms with E-state index in [2.05, 4.69) is 16.6 Å². The van der Waals surface area contributed by atoms with Gasteiger partial charge < -0.3 is 5.41 Å². The zero-order chi connectivity index (χ0) is 10.6. The van der Waals surface area contributed by atoms with Crippen LogP contribution in [0.3, 0.4) is 0 Å². The van der Waals surface area contributed by atoms with Gasteiger partial charge in [0.05, 0.1) is 11.4 Å². The number of hydrogen-bond donors (Lipinski definition) is 1. The molecule has 1 aromatic rings. The van der Waals surface area contributed by atoms with Gasteiger partial charge in [-0.15, -0.1) is 0 Å². The van der Waals surface area contributed by atoms with E-state index in [-0.39, 0.29) is 0 Å². The topological polar surface area (TPSA) is 49.1 Å². The largest absolute Gasteiger partial charge is 0.306 e. The molecule has 0 bridgehead atoms. The summed E-state index contributed by atoms with van der Waals surface area (Å²) in [7, 11) is 1.67. The Hall–Kier alpha value is -1.77. The number of nitrogens with zero attached hydrogens (tertiary/aromatic N) is 2. The number of aliphatic imine (C=N–C) groups is 1. The van der Waals surface area contributed by atoms with Gasteiger partial charge >= 0.3 is 0 Å². The first kappa shape index (κ1) is 10.3. The van der Waals surface area contributed by atoms with Gasteiger partial charge in [0.1, 0.15) is 0 Å². The van der Waals surface area contributed by atoms with E-state index >= 15 is 0 Å². The number of hydrogen-bond acceptors (Lipinski definition) is 3. The lowest BCUT2D eigenvalue weighted by atomic mass is 10.1. The second-order valence-corrected chi connectivity index (χ2v) is 2.96. The minimum atomic E-state index is 0.648. The smallest absolute Gasteiger partial charge is 0.0819 e. The van der Waals surface area contributed by atoms with Crippen molar-refractivity contribution in [1.82, 2.24) is 4.98 Å². The molecule has 14 heavy (non-hydrogen) atoms. The van der Waals surface area contributed by atoms with Crippen molar-refractivity contribution in [3.05, 3.63) is 36.2 Å². The summed E-state index contributed by atoms with van der Waals surface area (Å²) in [6.07, 6.45) is 2.94. The monoisotopic (exact) mass is 187 g/mol. The van der Waals surface area contributed by atoms with Crippen LogP contribution in [-0.4, -0.2) is 24.0 Å². The van der Waals surface area contributed by atoms with Crippen LogP contribution in [-0.2, 0) is 0 Å². The number of rotatable bonds is 3. The Labute approximate surface area is 83.7 Å². The minimum Gasteiger partial charge on any atom is -0.306 e. The Balaban J connectivity index is 3.17. The quantitative estimate of drug-likeness (QED) is 0.724. The van der Waals surface area contributed by atoms with Crippen molar-refractivity contribution in [3.63, 3.8) is 0 Å². The normalized spacial score (nSPS) is 11.1. The third kappa shape index (κ3) is 2.13. The van der Waals surface area contributed by atoms with E-state index in [1.54, 1.807) is 13.2 Å². The van der Waals surface area contributed by atoms with Crippen LogP contribution in [0.5, 0.6) is 0 Å². The summed E-state index contributed by atoms with van der Waals surface area (Å²) in [4.78, 5) is 8.15. The van der Waals surface area contributed by atoms with Crippen LogP contribution >= 0.6 is 0 Å². The molecular formula is C11H13N3. The van der Waals surface area contributed by atoms with Crippen LogP contribution in [0.4, 0.5) is 0 Å². The van der Waals surface area contributed by atoms with E-state index in [4.69, 9.17) is 5.41 Å². The Morgan fingerprint density at radius 2 is 2.36 bits per heavy atom. The molecule has 3 nitrogen and oxygen atoms in total. The maximum Gasteiger partial charge on any atom is 0.0819 e. The molecule has 0 spiro atoms. The molecule has 0 radical (unpaired) electrons. The number of pyridine rings is 1. The first-order valence-electron chi connectivity index (χ1n) is 4.28. The summed E-state index contributed by atoms with van der Waals surface area (Å²) in [5.74, 6) is 0. The van der Waals surface area contributed by atoms with Gasteiger partial charge in [0.2, 0.25) is 0 Å². The van der Waals surface area contributed by atoms with Gasteiger partial charge in [-0.2, -0.15) is 0 Å². The molecule has 72 valence electrons. The fourth-order valence-corrected chi connectivity index (χ4v) is 1.10. The number of allylic oxidation sites excluding steroid dienone is 1. The Morgan fingerprint density at radius 3 is 2.86 bits per heavy atom. The highest BCUT2D eigenvalue weighted by molar-refractivity contribution is 6.37. The fraction of sp³-hybridized carbons (Fsp3) is 0.182. The van der Waals surface area contributed by atoms with Gasteiger partial charge in [-0.05, 0) is 24.6 Å². The molecule has 0 aromatic carbocycles. The first-order chi connectivity index (χ1) is 6.69. The average Bonchev–Trinajstić information content (AvgIpc) is 2.20. The van der Waals surface area contributed by atoms with Crippen molar-refractivity contribution < 1.29 is 0 Å². The Bertz CT molecular complexity index is 391. The second-order valence-electron chi connectivity index (χ2n) is 2.96. The Kier molecular flexibility index (Phi) is 3.29. The summed E-state index contributed by atoms with van der Waals surface area (Å²) in [6, 6.07) is 3.72. The maximum atomic E-state index is 7.18. The van der Waals surface area contributed by atoms with Crippen LogP contribution in [0.1, 0.15) is 18.2 Å². The van der Waals surface area contributed by atoms with E-state index in [9.17, 15) is 0 Å². The maximum absolute atomic E-state index is 7.18. The van der Waals surface area contributed by atoms with Gasteiger partial charge in [0, 0.05) is 25.0 Å². The molecule has 0 saturated carbocycles. The lowest BCUT2D eigenvalue weighted by Gasteiger charge is -2.02. The molecule has 0 saturated heterocycles. The zero-order valence-electron chi connectivity index (χ0n) is 8.41. The SMILES string of the molecule is C=C(C)c1cc(C(C=N)=NC)ccn1. The van der Waals surface area contributed by atoms with E-state index in [0.29, 0.717) is 5.71 Å². The highest BCUT2D eigenvalue weighted by atomic mass is 14.7. The van der Waals surface area contributed by atoms with Gasteiger partial charge in [0.25, 0.3) is 0 Å². The van der Waals surface area contributed by atoms with E-state index in [1.165, 1.54) is 6.21 Å². The van der Waals surface area contributed by atoms with Crippen molar-refractivity contribution in [2.45, 2.75) is 6.92 Å². The summed E-state index contributed by atoms with van der Waals surface area (Å²) < 4.78 is 0. The summed E-state index contributed by atoms with van der Waals surface area (Å²) in [6.45, 7) is 5.72. The predicted molar refractivity (Wildman–Crippen MR) is 60.2 cm³/mol. The van der Waals surface area contributed by atoms with Crippen molar-refractivity contribution in [3.8, 4) is 0 Å². The standard InChI is InChI=1S/C11H13N3/c1-8(2)10-6-9(4-5-14-10)11(7-12)13-3/h4-7,12H,1H2,2-3H3. The van der Waals surface area contributed by atoms with E-state index in [0.717, 1.165) is 16.8 Å². The molecule has 1 aromatic heterocycles. The molecule has 0 aliphatic rings. The molecule has 0 aliphatic heterocycles. The van der Waals surface area contributed by atoms with Crippen molar-refractivity contribution >= 4 is 17.5 Å². The van der Waals surface area contributed by atoms with Crippen molar-refractivity contribution in [2.24, 2.45) is 4.99 Å². The molecule has 0 amide bonds. The summed E-state index contributed by atoms with van der Waals surface area (Å²) >= 11 is 0. The van der Waals surface area contributed by atoms with Crippen LogP contribution in [0.25, 0.3) is 5.57 Å². The van der Waals surface area contributed by atoms with E-state index < -0.39 is 0 Å². The number of nitrogens with one attached hydrogen (secondary N) is 1. The molecule has 3 heteroatoms. The lowest BCUT2D eigenvalue weighted by molar-refractivity contribution is 1.26. The zero-order valence-corrected chi connectivity index (χ0v) is 8.41. The average molecular weight is 187 g/mol. The predicted octanol–water partition coefficient (Wildman–Crippen LogP) is 2.18. The molecule has 1 rings (SSSR count). The third-order valence-corrected chi connectivity index (χ3v) is 1.87. The second kappa shape index (κ2) is 4.46. The summed E-state index contributed by atoms with van der Waals surface area (Å²) in [5.41, 5.74) is 3.29. The summed E-state index contributed by atoms with van der Waals surface area (Å²) in [5, 5.41) is 7.18. The molecule has 0 atom stereocenters. The van der Waals surface area contributed by atoms with Crippen molar-refractivity contribution in [2.75, 3.05) is 7.05 Å². The van der Waals surface area contributed by atoms with Crippen LogP contribution in [0.2, 0.25) is 0 Å². The molecular weight excluding hydrogens is 174 g/mol. The highest BCUT2D eigenvalue weighted by Gasteiger charge is 2.01. The van der Waals surface area contributed by atoms with Gasteiger partial charge in [-0.1, -0.05) is 6.58 Å². The molecule has 0 fully saturated rings. The molecule has 0 unspecified atom stereocenters. The van der Waals surface area contributed by atoms with Gasteiger partial charge in [-0.3, -0.25) is 9.98 Å². The Morgan fingerprint density at radius 1 is 1.64 bits per heavy atom. The first-order valence-corrected chi connectivity index (χ1v) is 4.28. The highest BCUT2D eigenvalue weighted by Crippen LogP contribution is 2.10. The molecule has 1 heterocycles. The van der Waals surface area contributed by atoms with Crippen LogP contribution < -0.4 is 0 Å². The van der Waals surface area contributed by atoms with E-state index in [1.807, 2.05) is 19.1 Å². The van der Waals surface area contributed by atoms with Gasteiger partial charge in [0.15, 0.2) is 0 Å². The van der Waals surface area contributed by atoms with Gasteiger partial charge in [-0.25, -0.2) is 0 Å². The lowest BCUT2D eigenvalue weighted by Crippen LogP contribution is -2.02.